The molecule has 2 fully saturated rings. The molecule has 2 heterocycles. The van der Waals surface area contributed by atoms with Gasteiger partial charge in [0.2, 0.25) is 5.91 Å². The number of rotatable bonds is 5. The second kappa shape index (κ2) is 7.45. The van der Waals surface area contributed by atoms with Crippen LogP contribution in [0.3, 0.4) is 0 Å². The van der Waals surface area contributed by atoms with Crippen LogP contribution in [0.15, 0.2) is 12.5 Å². The Balaban J connectivity index is 1.63. The first-order valence-corrected chi connectivity index (χ1v) is 8.56. The summed E-state index contributed by atoms with van der Waals surface area (Å²) in [5.41, 5.74) is 1.10. The number of aryl methyl sites for hydroxylation is 2. The molecule has 1 saturated heterocycles. The highest BCUT2D eigenvalue weighted by Gasteiger charge is 2.40. The fourth-order valence-electron chi connectivity index (χ4n) is 3.98. The minimum atomic E-state index is 0.162. The van der Waals surface area contributed by atoms with Crippen molar-refractivity contribution in [3.8, 4) is 0 Å². The van der Waals surface area contributed by atoms with Crippen molar-refractivity contribution in [2.45, 2.75) is 44.2 Å². The fourth-order valence-corrected chi connectivity index (χ4v) is 3.98. The fraction of sp³-hybridized carbons (Fsp3) is 0.765. The number of ether oxygens (including phenoxy) is 2. The first-order chi connectivity index (χ1) is 11.2. The molecule has 23 heavy (non-hydrogen) atoms. The van der Waals surface area contributed by atoms with Crippen molar-refractivity contribution < 1.29 is 14.3 Å². The third-order valence-electron chi connectivity index (χ3n) is 5.30. The molecule has 0 bridgehead atoms. The van der Waals surface area contributed by atoms with Gasteiger partial charge in [0.25, 0.3) is 0 Å². The summed E-state index contributed by atoms with van der Waals surface area (Å²) in [6.07, 6.45) is 8.53. The maximum absolute atomic E-state index is 12.8. The number of aromatic nitrogens is 2. The largest absolute Gasteiger partial charge is 0.381 e. The summed E-state index contributed by atoms with van der Waals surface area (Å²) in [6, 6.07) is 0.162. The van der Waals surface area contributed by atoms with Crippen LogP contribution in [0.25, 0.3) is 0 Å². The van der Waals surface area contributed by atoms with Crippen molar-refractivity contribution in [2.75, 3.05) is 26.9 Å². The standard InChI is InChI=1S/C17H27N3O3/c1-19-12-18-10-13(19)6-7-17(21)20-8-9-23-11-15(20)14-4-3-5-16(14)22-2/h10,12,14-16H,3-9,11H2,1-2H3/t14-,15-,16+/m0/s1. The molecule has 0 aromatic carbocycles. The summed E-state index contributed by atoms with van der Waals surface area (Å²) in [5.74, 6) is 0.627. The van der Waals surface area contributed by atoms with Crippen LogP contribution in [0.5, 0.6) is 0 Å². The number of hydrogen-bond donors (Lipinski definition) is 0. The number of carbonyl (C=O) groups is 1. The molecule has 0 N–H and O–H groups in total. The Labute approximate surface area is 137 Å². The van der Waals surface area contributed by atoms with E-state index >= 15 is 0 Å². The number of methoxy groups -OCH3 is 1. The normalized spacial score (nSPS) is 28.3. The Kier molecular flexibility index (Phi) is 5.33. The van der Waals surface area contributed by atoms with E-state index in [4.69, 9.17) is 9.47 Å². The first kappa shape index (κ1) is 16.5. The van der Waals surface area contributed by atoms with Crippen molar-refractivity contribution in [3.63, 3.8) is 0 Å². The van der Waals surface area contributed by atoms with Gasteiger partial charge in [0, 0.05) is 44.9 Å². The summed E-state index contributed by atoms with van der Waals surface area (Å²) in [6.45, 7) is 1.97. The van der Waals surface area contributed by atoms with E-state index in [1.54, 1.807) is 13.4 Å². The SMILES string of the molecule is CO[C@@H]1CCC[C@H]1[C@@H]1COCCN1C(=O)CCc1cncn1C. The van der Waals surface area contributed by atoms with E-state index in [0.717, 1.165) is 25.0 Å². The lowest BCUT2D eigenvalue weighted by Crippen LogP contribution is -2.53. The van der Waals surface area contributed by atoms with E-state index in [-0.39, 0.29) is 18.1 Å². The summed E-state index contributed by atoms with van der Waals surface area (Å²) in [5, 5.41) is 0. The van der Waals surface area contributed by atoms with Gasteiger partial charge in [-0.2, -0.15) is 0 Å². The van der Waals surface area contributed by atoms with Gasteiger partial charge in [-0.25, -0.2) is 4.98 Å². The van der Waals surface area contributed by atoms with Gasteiger partial charge in [0.1, 0.15) is 0 Å². The molecule has 1 saturated carbocycles. The maximum atomic E-state index is 12.8. The topological polar surface area (TPSA) is 56.6 Å². The Bertz CT molecular complexity index is 531. The molecule has 1 amide bonds. The van der Waals surface area contributed by atoms with E-state index in [2.05, 4.69) is 4.98 Å². The summed E-state index contributed by atoms with van der Waals surface area (Å²) < 4.78 is 13.3. The summed E-state index contributed by atoms with van der Waals surface area (Å²) in [4.78, 5) is 18.9. The lowest BCUT2D eigenvalue weighted by atomic mass is 9.93. The molecule has 1 aliphatic carbocycles. The zero-order valence-electron chi connectivity index (χ0n) is 14.1. The summed E-state index contributed by atoms with van der Waals surface area (Å²) in [7, 11) is 3.74. The quantitative estimate of drug-likeness (QED) is 0.822. The van der Waals surface area contributed by atoms with Gasteiger partial charge in [0.05, 0.1) is 31.7 Å². The molecule has 0 spiro atoms. The second-order valence-electron chi connectivity index (χ2n) is 6.59. The number of imidazole rings is 1. The number of morpholine rings is 1. The van der Waals surface area contributed by atoms with E-state index in [1.165, 1.54) is 6.42 Å². The predicted octanol–water partition coefficient (Wildman–Crippen LogP) is 1.40. The van der Waals surface area contributed by atoms with Gasteiger partial charge in [-0.05, 0) is 19.3 Å². The average Bonchev–Trinajstić information content (AvgIpc) is 3.21. The molecule has 1 aromatic heterocycles. The molecule has 2 aliphatic rings. The molecular formula is C17H27N3O3. The van der Waals surface area contributed by atoms with Crippen LogP contribution in [-0.4, -0.2) is 59.4 Å². The molecule has 6 heteroatoms. The Morgan fingerprint density at radius 3 is 3.09 bits per heavy atom. The highest BCUT2D eigenvalue weighted by molar-refractivity contribution is 5.77. The second-order valence-corrected chi connectivity index (χ2v) is 6.59. The van der Waals surface area contributed by atoms with Crippen LogP contribution in [-0.2, 0) is 27.7 Å². The molecular weight excluding hydrogens is 294 g/mol. The van der Waals surface area contributed by atoms with Crippen molar-refractivity contribution in [2.24, 2.45) is 13.0 Å². The van der Waals surface area contributed by atoms with E-state index in [1.807, 2.05) is 22.7 Å². The first-order valence-electron chi connectivity index (χ1n) is 8.56. The minimum Gasteiger partial charge on any atom is -0.381 e. The van der Waals surface area contributed by atoms with Crippen molar-refractivity contribution in [3.05, 3.63) is 18.2 Å². The molecule has 1 aromatic rings. The van der Waals surface area contributed by atoms with Gasteiger partial charge in [-0.1, -0.05) is 6.42 Å². The van der Waals surface area contributed by atoms with E-state index in [0.29, 0.717) is 32.1 Å². The molecule has 3 rings (SSSR count). The Morgan fingerprint density at radius 2 is 2.35 bits per heavy atom. The summed E-state index contributed by atoms with van der Waals surface area (Å²) >= 11 is 0. The third kappa shape index (κ3) is 3.58. The van der Waals surface area contributed by atoms with Crippen LogP contribution in [0.1, 0.15) is 31.4 Å². The predicted molar refractivity (Wildman–Crippen MR) is 86.0 cm³/mol. The number of amides is 1. The van der Waals surface area contributed by atoms with Crippen LogP contribution < -0.4 is 0 Å². The Hall–Kier alpha value is -1.40. The lowest BCUT2D eigenvalue weighted by molar-refractivity contribution is -0.144. The monoisotopic (exact) mass is 321 g/mol. The average molecular weight is 321 g/mol. The van der Waals surface area contributed by atoms with Gasteiger partial charge in [-0.15, -0.1) is 0 Å². The molecule has 0 unspecified atom stereocenters. The van der Waals surface area contributed by atoms with Gasteiger partial charge in [0.15, 0.2) is 0 Å². The van der Waals surface area contributed by atoms with Crippen LogP contribution in [0.4, 0.5) is 0 Å². The maximum Gasteiger partial charge on any atom is 0.223 e. The highest BCUT2D eigenvalue weighted by Crippen LogP contribution is 2.34. The van der Waals surface area contributed by atoms with Crippen molar-refractivity contribution >= 4 is 5.91 Å². The van der Waals surface area contributed by atoms with Crippen molar-refractivity contribution in [1.29, 1.82) is 0 Å². The third-order valence-corrected chi connectivity index (χ3v) is 5.30. The van der Waals surface area contributed by atoms with Gasteiger partial charge >= 0.3 is 0 Å². The number of carbonyl (C=O) groups excluding carboxylic acids is 1. The highest BCUT2D eigenvalue weighted by atomic mass is 16.5. The zero-order valence-corrected chi connectivity index (χ0v) is 14.1. The molecule has 3 atom stereocenters. The lowest BCUT2D eigenvalue weighted by Gasteiger charge is -2.40. The smallest absolute Gasteiger partial charge is 0.223 e. The van der Waals surface area contributed by atoms with E-state index < -0.39 is 0 Å². The van der Waals surface area contributed by atoms with Gasteiger partial charge < -0.3 is 18.9 Å². The van der Waals surface area contributed by atoms with Crippen LogP contribution in [0, 0.1) is 5.92 Å². The van der Waals surface area contributed by atoms with Crippen LogP contribution in [0.2, 0.25) is 0 Å². The number of hydrogen-bond acceptors (Lipinski definition) is 4. The van der Waals surface area contributed by atoms with Crippen molar-refractivity contribution in [1.82, 2.24) is 14.5 Å². The molecule has 6 nitrogen and oxygen atoms in total. The van der Waals surface area contributed by atoms with Gasteiger partial charge in [-0.3, -0.25) is 4.79 Å². The number of nitrogens with zero attached hydrogens (tertiary/aromatic N) is 3. The minimum absolute atomic E-state index is 0.162. The zero-order chi connectivity index (χ0) is 16.2. The van der Waals surface area contributed by atoms with E-state index in [9.17, 15) is 4.79 Å². The molecule has 128 valence electrons. The Morgan fingerprint density at radius 1 is 1.48 bits per heavy atom. The molecule has 1 aliphatic heterocycles. The van der Waals surface area contributed by atoms with Crippen LogP contribution >= 0.6 is 0 Å². The molecule has 0 radical (unpaired) electrons.